The number of hydrogen-bond acceptors (Lipinski definition) is 6. The standard InChI is InChI=1S/C16H17N3O3/c1-10-13(11(2)20)8-18-16(19-10)17-7-12-9-21-14-5-3-4-6-15(14)22-12/h3-6,8,12H,7,9H2,1-2H3,(H,17,18,19). The van der Waals surface area contributed by atoms with Crippen LogP contribution in [-0.2, 0) is 0 Å². The van der Waals surface area contributed by atoms with E-state index in [-0.39, 0.29) is 11.9 Å². The Morgan fingerprint density at radius 3 is 2.86 bits per heavy atom. The third kappa shape index (κ3) is 3.00. The van der Waals surface area contributed by atoms with Crippen molar-refractivity contribution in [1.82, 2.24) is 9.97 Å². The van der Waals surface area contributed by atoms with Crippen LogP contribution >= 0.6 is 0 Å². The summed E-state index contributed by atoms with van der Waals surface area (Å²) in [4.78, 5) is 19.8. The summed E-state index contributed by atoms with van der Waals surface area (Å²) in [5.74, 6) is 1.94. The molecule has 3 rings (SSSR count). The van der Waals surface area contributed by atoms with E-state index in [1.807, 2.05) is 24.3 Å². The van der Waals surface area contributed by atoms with Crippen LogP contribution < -0.4 is 14.8 Å². The molecule has 1 aromatic heterocycles. The van der Waals surface area contributed by atoms with Crippen molar-refractivity contribution in [2.24, 2.45) is 0 Å². The molecule has 0 saturated heterocycles. The van der Waals surface area contributed by atoms with E-state index in [0.29, 0.717) is 30.4 Å². The number of ether oxygens (including phenoxy) is 2. The number of nitrogens with one attached hydrogen (secondary N) is 1. The highest BCUT2D eigenvalue weighted by atomic mass is 16.6. The lowest BCUT2D eigenvalue weighted by atomic mass is 10.2. The Hall–Kier alpha value is -2.63. The zero-order valence-electron chi connectivity index (χ0n) is 12.5. The van der Waals surface area contributed by atoms with Gasteiger partial charge in [-0.05, 0) is 26.0 Å². The van der Waals surface area contributed by atoms with Gasteiger partial charge in [0.25, 0.3) is 0 Å². The molecule has 1 atom stereocenters. The number of para-hydroxylation sites is 2. The fraction of sp³-hybridized carbons (Fsp3) is 0.312. The van der Waals surface area contributed by atoms with Crippen molar-refractivity contribution in [3.05, 3.63) is 41.7 Å². The van der Waals surface area contributed by atoms with Gasteiger partial charge in [-0.3, -0.25) is 4.79 Å². The fourth-order valence-corrected chi connectivity index (χ4v) is 2.27. The minimum absolute atomic E-state index is 0.0373. The van der Waals surface area contributed by atoms with E-state index in [2.05, 4.69) is 15.3 Å². The molecule has 1 N–H and O–H groups in total. The van der Waals surface area contributed by atoms with Crippen LogP contribution in [0.3, 0.4) is 0 Å². The molecule has 2 aromatic rings. The Kier molecular flexibility index (Phi) is 3.91. The third-order valence-electron chi connectivity index (χ3n) is 3.41. The number of ketones is 1. The Morgan fingerprint density at radius 1 is 1.36 bits per heavy atom. The van der Waals surface area contributed by atoms with Crippen molar-refractivity contribution in [3.8, 4) is 11.5 Å². The summed E-state index contributed by atoms with van der Waals surface area (Å²) >= 11 is 0. The van der Waals surface area contributed by atoms with E-state index >= 15 is 0 Å². The van der Waals surface area contributed by atoms with Crippen molar-refractivity contribution in [2.75, 3.05) is 18.5 Å². The first-order valence-corrected chi connectivity index (χ1v) is 7.10. The van der Waals surface area contributed by atoms with Gasteiger partial charge < -0.3 is 14.8 Å². The summed E-state index contributed by atoms with van der Waals surface area (Å²) in [6, 6.07) is 7.58. The number of benzene rings is 1. The molecule has 0 aliphatic carbocycles. The van der Waals surface area contributed by atoms with Gasteiger partial charge in [0.2, 0.25) is 5.95 Å². The van der Waals surface area contributed by atoms with Crippen LogP contribution in [0.4, 0.5) is 5.95 Å². The van der Waals surface area contributed by atoms with Gasteiger partial charge in [-0.1, -0.05) is 12.1 Å². The van der Waals surface area contributed by atoms with Gasteiger partial charge in [0.05, 0.1) is 17.8 Å². The topological polar surface area (TPSA) is 73.3 Å². The average molecular weight is 299 g/mol. The Morgan fingerprint density at radius 2 is 2.14 bits per heavy atom. The van der Waals surface area contributed by atoms with Crippen molar-refractivity contribution in [1.29, 1.82) is 0 Å². The highest BCUT2D eigenvalue weighted by Gasteiger charge is 2.20. The van der Waals surface area contributed by atoms with E-state index < -0.39 is 0 Å². The van der Waals surface area contributed by atoms with E-state index in [9.17, 15) is 4.79 Å². The minimum Gasteiger partial charge on any atom is -0.486 e. The number of nitrogens with zero attached hydrogens (tertiary/aromatic N) is 2. The highest BCUT2D eigenvalue weighted by Crippen LogP contribution is 2.30. The van der Waals surface area contributed by atoms with Gasteiger partial charge >= 0.3 is 0 Å². The number of rotatable bonds is 4. The van der Waals surface area contributed by atoms with Crippen molar-refractivity contribution >= 4 is 11.7 Å². The molecule has 6 heteroatoms. The largest absolute Gasteiger partial charge is 0.486 e. The highest BCUT2D eigenvalue weighted by molar-refractivity contribution is 5.94. The number of carbonyl (C=O) groups is 1. The maximum Gasteiger partial charge on any atom is 0.223 e. The van der Waals surface area contributed by atoms with E-state index in [4.69, 9.17) is 9.47 Å². The quantitative estimate of drug-likeness (QED) is 0.873. The summed E-state index contributed by atoms with van der Waals surface area (Å²) in [6.45, 7) is 4.28. The van der Waals surface area contributed by atoms with E-state index in [1.165, 1.54) is 6.92 Å². The second-order valence-corrected chi connectivity index (χ2v) is 5.13. The van der Waals surface area contributed by atoms with Gasteiger partial charge in [0, 0.05) is 6.20 Å². The Labute approximate surface area is 128 Å². The molecule has 114 valence electrons. The first kappa shape index (κ1) is 14.3. The van der Waals surface area contributed by atoms with Crippen LogP contribution in [-0.4, -0.2) is 35.0 Å². The molecule has 0 fully saturated rings. The smallest absolute Gasteiger partial charge is 0.223 e. The van der Waals surface area contributed by atoms with Crippen LogP contribution in [0, 0.1) is 6.92 Å². The summed E-state index contributed by atoms with van der Waals surface area (Å²) in [6.07, 6.45) is 1.42. The van der Waals surface area contributed by atoms with E-state index in [0.717, 1.165) is 11.5 Å². The number of fused-ring (bicyclic) bond motifs is 1. The summed E-state index contributed by atoms with van der Waals surface area (Å²) in [7, 11) is 0. The lowest BCUT2D eigenvalue weighted by Crippen LogP contribution is -2.35. The molecule has 0 bridgehead atoms. The normalized spacial score (nSPS) is 16.2. The summed E-state index contributed by atoms with van der Waals surface area (Å²) < 4.78 is 11.5. The maximum atomic E-state index is 11.4. The third-order valence-corrected chi connectivity index (χ3v) is 3.41. The van der Waals surface area contributed by atoms with Crippen molar-refractivity contribution in [2.45, 2.75) is 20.0 Å². The van der Waals surface area contributed by atoms with Gasteiger partial charge in [-0.25, -0.2) is 9.97 Å². The van der Waals surface area contributed by atoms with Crippen LogP contribution in [0.25, 0.3) is 0 Å². The minimum atomic E-state index is -0.119. The number of carbonyl (C=O) groups excluding carboxylic acids is 1. The average Bonchev–Trinajstić information content (AvgIpc) is 2.52. The first-order valence-electron chi connectivity index (χ1n) is 7.10. The number of aryl methyl sites for hydroxylation is 1. The van der Waals surface area contributed by atoms with E-state index in [1.54, 1.807) is 13.1 Å². The molecule has 22 heavy (non-hydrogen) atoms. The molecule has 2 heterocycles. The second kappa shape index (κ2) is 6.01. The monoisotopic (exact) mass is 299 g/mol. The van der Waals surface area contributed by atoms with Gasteiger partial charge in [-0.2, -0.15) is 0 Å². The van der Waals surface area contributed by atoms with Crippen molar-refractivity contribution in [3.63, 3.8) is 0 Å². The molecule has 1 aromatic carbocycles. The molecule has 6 nitrogen and oxygen atoms in total. The SMILES string of the molecule is CC(=O)c1cnc(NCC2COc3ccccc3O2)nc1C. The fourth-order valence-electron chi connectivity index (χ4n) is 2.27. The molecular weight excluding hydrogens is 282 g/mol. The number of anilines is 1. The molecule has 1 aliphatic heterocycles. The lowest BCUT2D eigenvalue weighted by molar-refractivity contribution is 0.0996. The van der Waals surface area contributed by atoms with Crippen LogP contribution in [0.1, 0.15) is 23.0 Å². The molecule has 0 amide bonds. The van der Waals surface area contributed by atoms with Crippen LogP contribution in [0.5, 0.6) is 11.5 Å². The zero-order valence-corrected chi connectivity index (χ0v) is 12.5. The summed E-state index contributed by atoms with van der Waals surface area (Å²) in [5.41, 5.74) is 1.20. The number of aromatic nitrogens is 2. The molecule has 1 unspecified atom stereocenters. The predicted molar refractivity (Wildman–Crippen MR) is 81.6 cm³/mol. The van der Waals surface area contributed by atoms with Gasteiger partial charge in [0.15, 0.2) is 17.3 Å². The zero-order chi connectivity index (χ0) is 15.5. The first-order chi connectivity index (χ1) is 10.6. The Balaban J connectivity index is 1.62. The van der Waals surface area contributed by atoms with Crippen LogP contribution in [0.15, 0.2) is 30.5 Å². The molecule has 0 radical (unpaired) electrons. The van der Waals surface area contributed by atoms with Gasteiger partial charge in [-0.15, -0.1) is 0 Å². The number of hydrogen-bond donors (Lipinski definition) is 1. The second-order valence-electron chi connectivity index (χ2n) is 5.13. The summed E-state index contributed by atoms with van der Waals surface area (Å²) in [5, 5.41) is 3.11. The molecule has 1 aliphatic rings. The molecular formula is C16H17N3O3. The van der Waals surface area contributed by atoms with Crippen molar-refractivity contribution < 1.29 is 14.3 Å². The Bertz CT molecular complexity index is 703. The maximum absolute atomic E-state index is 11.4. The van der Waals surface area contributed by atoms with Gasteiger partial charge in [0.1, 0.15) is 12.7 Å². The lowest BCUT2D eigenvalue weighted by Gasteiger charge is -2.26. The number of Topliss-reactive ketones (excluding diaryl/α,β-unsaturated/α-hetero) is 1. The molecule has 0 spiro atoms. The van der Waals surface area contributed by atoms with Crippen LogP contribution in [0.2, 0.25) is 0 Å². The molecule has 0 saturated carbocycles. The predicted octanol–water partition coefficient (Wildman–Crippen LogP) is 2.24.